The van der Waals surface area contributed by atoms with Crippen LogP contribution in [0, 0.1) is 13.8 Å². The van der Waals surface area contributed by atoms with Crippen LogP contribution in [0.3, 0.4) is 0 Å². The molecule has 0 fully saturated rings. The van der Waals surface area contributed by atoms with E-state index in [0.29, 0.717) is 12.4 Å². The SMILES string of the molecule is COc1cc(C)c(CN2CCOc3c(O)cc(-c4cccs4)cc3C2)cc1C. The first kappa shape index (κ1) is 18.8. The number of phenolic OH excluding ortho intramolecular Hbond substituents is 1. The first-order valence-electron chi connectivity index (χ1n) is 9.44. The van der Waals surface area contributed by atoms with Crippen LogP contribution in [0.4, 0.5) is 0 Å². The zero-order valence-electron chi connectivity index (χ0n) is 16.5. The smallest absolute Gasteiger partial charge is 0.165 e. The molecule has 3 aromatic rings. The van der Waals surface area contributed by atoms with Gasteiger partial charge in [-0.1, -0.05) is 12.1 Å². The first-order valence-corrected chi connectivity index (χ1v) is 10.3. The molecule has 0 bridgehead atoms. The number of hydrogen-bond donors (Lipinski definition) is 1. The maximum absolute atomic E-state index is 10.5. The third-order valence-corrected chi connectivity index (χ3v) is 6.17. The Morgan fingerprint density at radius 3 is 2.79 bits per heavy atom. The van der Waals surface area contributed by atoms with Crippen molar-refractivity contribution in [1.82, 2.24) is 4.90 Å². The molecule has 2 aromatic carbocycles. The standard InChI is InChI=1S/C23H25NO3S/c1-15-10-21(26-3)16(2)9-18(15)13-24-6-7-27-23-19(14-24)11-17(12-20(23)25)22-5-4-8-28-22/h4-5,8-12,25H,6-7,13-14H2,1-3H3. The van der Waals surface area contributed by atoms with E-state index in [-0.39, 0.29) is 5.75 Å². The van der Waals surface area contributed by atoms with E-state index in [0.717, 1.165) is 47.0 Å². The third kappa shape index (κ3) is 3.73. The van der Waals surface area contributed by atoms with Gasteiger partial charge in [-0.05, 0) is 65.7 Å². The van der Waals surface area contributed by atoms with Crippen molar-refractivity contribution < 1.29 is 14.6 Å². The van der Waals surface area contributed by atoms with Gasteiger partial charge in [0.1, 0.15) is 12.4 Å². The summed E-state index contributed by atoms with van der Waals surface area (Å²) in [5, 5.41) is 12.6. The van der Waals surface area contributed by atoms with Crippen molar-refractivity contribution in [3.05, 3.63) is 64.0 Å². The van der Waals surface area contributed by atoms with E-state index in [9.17, 15) is 5.11 Å². The molecule has 5 heteroatoms. The van der Waals surface area contributed by atoms with E-state index in [4.69, 9.17) is 9.47 Å². The van der Waals surface area contributed by atoms with Crippen molar-refractivity contribution in [2.45, 2.75) is 26.9 Å². The number of hydrogen-bond acceptors (Lipinski definition) is 5. The molecule has 4 rings (SSSR count). The highest BCUT2D eigenvalue weighted by atomic mass is 32.1. The Labute approximate surface area is 170 Å². The highest BCUT2D eigenvalue weighted by molar-refractivity contribution is 7.13. The Bertz CT molecular complexity index is 982. The molecule has 0 saturated carbocycles. The lowest BCUT2D eigenvalue weighted by Gasteiger charge is -2.21. The van der Waals surface area contributed by atoms with Crippen LogP contribution >= 0.6 is 11.3 Å². The van der Waals surface area contributed by atoms with Crippen molar-refractivity contribution in [3.8, 4) is 27.7 Å². The van der Waals surface area contributed by atoms with Crippen LogP contribution in [-0.4, -0.2) is 30.3 Å². The van der Waals surface area contributed by atoms with Crippen LogP contribution in [0.25, 0.3) is 10.4 Å². The minimum absolute atomic E-state index is 0.222. The van der Waals surface area contributed by atoms with Gasteiger partial charge in [0.25, 0.3) is 0 Å². The van der Waals surface area contributed by atoms with E-state index >= 15 is 0 Å². The maximum atomic E-state index is 10.5. The second-order valence-electron chi connectivity index (χ2n) is 7.27. The molecule has 1 aliphatic heterocycles. The third-order valence-electron chi connectivity index (χ3n) is 5.25. The van der Waals surface area contributed by atoms with E-state index in [1.54, 1.807) is 24.5 Å². The van der Waals surface area contributed by atoms with Crippen LogP contribution in [-0.2, 0) is 13.1 Å². The van der Waals surface area contributed by atoms with Gasteiger partial charge >= 0.3 is 0 Å². The Morgan fingerprint density at radius 1 is 1.18 bits per heavy atom. The lowest BCUT2D eigenvalue weighted by atomic mass is 10.0. The summed E-state index contributed by atoms with van der Waals surface area (Å²) in [5.41, 5.74) is 5.73. The van der Waals surface area contributed by atoms with Gasteiger partial charge in [-0.15, -0.1) is 11.3 Å². The number of phenols is 1. The van der Waals surface area contributed by atoms with Gasteiger partial charge in [-0.2, -0.15) is 0 Å². The lowest BCUT2D eigenvalue weighted by Crippen LogP contribution is -2.25. The fourth-order valence-electron chi connectivity index (χ4n) is 3.75. The molecule has 0 radical (unpaired) electrons. The minimum atomic E-state index is 0.222. The average Bonchev–Trinajstić information content (AvgIpc) is 3.13. The molecule has 1 aromatic heterocycles. The molecule has 0 amide bonds. The number of ether oxygens (including phenoxy) is 2. The van der Waals surface area contributed by atoms with Gasteiger partial charge < -0.3 is 14.6 Å². The normalized spacial score (nSPS) is 14.2. The van der Waals surface area contributed by atoms with Gasteiger partial charge in [0.05, 0.1) is 7.11 Å². The number of thiophene rings is 1. The predicted octanol–water partition coefficient (Wildman–Crippen LogP) is 5.14. The monoisotopic (exact) mass is 395 g/mol. The molecule has 4 nitrogen and oxygen atoms in total. The number of methoxy groups -OCH3 is 1. The molecule has 146 valence electrons. The Kier molecular flexibility index (Phi) is 5.29. The van der Waals surface area contributed by atoms with Crippen molar-refractivity contribution in [2.24, 2.45) is 0 Å². The zero-order valence-corrected chi connectivity index (χ0v) is 17.3. The van der Waals surface area contributed by atoms with Gasteiger partial charge in [-0.3, -0.25) is 4.90 Å². The van der Waals surface area contributed by atoms with Gasteiger partial charge in [0, 0.05) is 30.1 Å². The molecular formula is C23H25NO3S. The van der Waals surface area contributed by atoms with Crippen molar-refractivity contribution >= 4 is 11.3 Å². The van der Waals surface area contributed by atoms with Crippen LogP contribution in [0.5, 0.6) is 17.2 Å². The van der Waals surface area contributed by atoms with Gasteiger partial charge in [0.2, 0.25) is 0 Å². The Balaban J connectivity index is 1.62. The zero-order chi connectivity index (χ0) is 19.7. The lowest BCUT2D eigenvalue weighted by molar-refractivity contribution is 0.217. The number of benzene rings is 2. The molecule has 0 unspecified atom stereocenters. The van der Waals surface area contributed by atoms with E-state index < -0.39 is 0 Å². The fraction of sp³-hybridized carbons (Fsp3) is 0.304. The van der Waals surface area contributed by atoms with Crippen LogP contribution in [0.15, 0.2) is 41.8 Å². The van der Waals surface area contributed by atoms with Crippen LogP contribution in [0.1, 0.15) is 22.3 Å². The first-order chi connectivity index (χ1) is 13.5. The summed E-state index contributed by atoms with van der Waals surface area (Å²) in [6.07, 6.45) is 0. The number of aromatic hydroxyl groups is 1. The molecule has 1 N–H and O–H groups in total. The summed E-state index contributed by atoms with van der Waals surface area (Å²) >= 11 is 1.67. The largest absolute Gasteiger partial charge is 0.504 e. The summed E-state index contributed by atoms with van der Waals surface area (Å²) in [6, 6.07) is 12.4. The van der Waals surface area contributed by atoms with E-state index in [2.05, 4.69) is 48.4 Å². The summed E-state index contributed by atoms with van der Waals surface area (Å²) in [7, 11) is 1.71. The second-order valence-corrected chi connectivity index (χ2v) is 8.22. The molecule has 28 heavy (non-hydrogen) atoms. The van der Waals surface area contributed by atoms with Crippen molar-refractivity contribution in [3.63, 3.8) is 0 Å². The van der Waals surface area contributed by atoms with Crippen molar-refractivity contribution in [2.75, 3.05) is 20.3 Å². The Hall–Kier alpha value is -2.50. The summed E-state index contributed by atoms with van der Waals surface area (Å²) in [5.74, 6) is 1.76. The van der Waals surface area contributed by atoms with Gasteiger partial charge in [0.15, 0.2) is 11.5 Å². The summed E-state index contributed by atoms with van der Waals surface area (Å²) in [6.45, 7) is 7.16. The number of aryl methyl sites for hydroxylation is 2. The summed E-state index contributed by atoms with van der Waals surface area (Å²) in [4.78, 5) is 3.52. The molecular weight excluding hydrogens is 370 g/mol. The topological polar surface area (TPSA) is 41.9 Å². The highest BCUT2D eigenvalue weighted by Crippen LogP contribution is 2.39. The van der Waals surface area contributed by atoms with Crippen LogP contribution < -0.4 is 9.47 Å². The molecule has 0 atom stereocenters. The van der Waals surface area contributed by atoms with Crippen molar-refractivity contribution in [1.29, 1.82) is 0 Å². The molecule has 1 aliphatic rings. The number of fused-ring (bicyclic) bond motifs is 1. The van der Waals surface area contributed by atoms with E-state index in [1.165, 1.54) is 11.1 Å². The number of nitrogens with zero attached hydrogens (tertiary/aromatic N) is 1. The molecule has 2 heterocycles. The summed E-state index contributed by atoms with van der Waals surface area (Å²) < 4.78 is 11.3. The highest BCUT2D eigenvalue weighted by Gasteiger charge is 2.21. The average molecular weight is 396 g/mol. The number of rotatable bonds is 4. The van der Waals surface area contributed by atoms with Gasteiger partial charge in [-0.25, -0.2) is 0 Å². The quantitative estimate of drug-likeness (QED) is 0.664. The molecule has 0 aliphatic carbocycles. The fourth-order valence-corrected chi connectivity index (χ4v) is 4.47. The molecule has 0 saturated heterocycles. The second kappa shape index (κ2) is 7.86. The molecule has 0 spiro atoms. The Morgan fingerprint density at radius 2 is 2.04 bits per heavy atom. The van der Waals surface area contributed by atoms with E-state index in [1.807, 2.05) is 6.07 Å². The van der Waals surface area contributed by atoms with Crippen LogP contribution in [0.2, 0.25) is 0 Å². The minimum Gasteiger partial charge on any atom is -0.504 e. The maximum Gasteiger partial charge on any atom is 0.165 e. The predicted molar refractivity (Wildman–Crippen MR) is 113 cm³/mol.